The number of rotatable bonds is 3. The van der Waals surface area contributed by atoms with E-state index in [2.05, 4.69) is 58.8 Å². The van der Waals surface area contributed by atoms with Crippen LogP contribution < -0.4 is 21.1 Å². The molecule has 7 heteroatoms. The Morgan fingerprint density at radius 3 is 2.87 bits per heavy atom. The number of hydrogen-bond donors (Lipinski definition) is 2. The summed E-state index contributed by atoms with van der Waals surface area (Å²) in [6.45, 7) is 7.11. The Labute approximate surface area is 181 Å². The van der Waals surface area contributed by atoms with Crippen LogP contribution in [0.3, 0.4) is 0 Å². The minimum absolute atomic E-state index is 0.0410. The van der Waals surface area contributed by atoms with E-state index in [4.69, 9.17) is 4.98 Å². The van der Waals surface area contributed by atoms with E-state index in [1.165, 1.54) is 18.4 Å². The van der Waals surface area contributed by atoms with Crippen molar-refractivity contribution in [1.29, 1.82) is 0 Å². The van der Waals surface area contributed by atoms with Gasteiger partial charge in [0, 0.05) is 61.6 Å². The van der Waals surface area contributed by atoms with Gasteiger partial charge in [0.1, 0.15) is 11.8 Å². The van der Waals surface area contributed by atoms with Crippen molar-refractivity contribution >= 4 is 16.9 Å². The summed E-state index contributed by atoms with van der Waals surface area (Å²) >= 11 is 0. The second kappa shape index (κ2) is 6.99. The Bertz CT molecular complexity index is 1200. The summed E-state index contributed by atoms with van der Waals surface area (Å²) in [6, 6.07) is 6.15. The highest BCUT2D eigenvalue weighted by atomic mass is 16.1. The van der Waals surface area contributed by atoms with Crippen molar-refractivity contribution in [2.24, 2.45) is 5.92 Å². The molecule has 2 atom stereocenters. The third-order valence-electron chi connectivity index (χ3n) is 6.65. The number of fused-ring (bicyclic) bond motifs is 2. The maximum absolute atomic E-state index is 13.1. The SMILES string of the molecule is CC1=CN2C=C(c3cc(=O)n4cc(N5CCN[C@@H](C)C5)ccc4n3)C=C(C3CC3)C2N1. The van der Waals surface area contributed by atoms with Gasteiger partial charge in [0.15, 0.2) is 0 Å². The summed E-state index contributed by atoms with van der Waals surface area (Å²) in [7, 11) is 0. The average molecular weight is 417 g/mol. The minimum Gasteiger partial charge on any atom is -0.368 e. The fourth-order valence-electron chi connectivity index (χ4n) is 4.94. The monoisotopic (exact) mass is 416 g/mol. The molecule has 2 aromatic rings. The molecule has 4 aliphatic rings. The molecule has 1 aliphatic carbocycles. The van der Waals surface area contributed by atoms with E-state index in [-0.39, 0.29) is 11.7 Å². The van der Waals surface area contributed by atoms with E-state index in [1.54, 1.807) is 10.5 Å². The van der Waals surface area contributed by atoms with Gasteiger partial charge in [-0.1, -0.05) is 0 Å². The Morgan fingerprint density at radius 1 is 1.19 bits per heavy atom. The highest BCUT2D eigenvalue weighted by Gasteiger charge is 2.37. The van der Waals surface area contributed by atoms with Crippen LogP contribution in [-0.4, -0.2) is 46.1 Å². The lowest BCUT2D eigenvalue weighted by Gasteiger charge is -2.33. The normalized spacial score (nSPS) is 25.7. The van der Waals surface area contributed by atoms with Gasteiger partial charge < -0.3 is 20.4 Å². The summed E-state index contributed by atoms with van der Waals surface area (Å²) in [5, 5.41) is 7.02. The molecule has 0 spiro atoms. The number of aromatic nitrogens is 2. The number of pyridine rings is 1. The lowest BCUT2D eigenvalue weighted by Crippen LogP contribution is -2.49. The van der Waals surface area contributed by atoms with Crippen molar-refractivity contribution < 1.29 is 0 Å². The van der Waals surface area contributed by atoms with Crippen LogP contribution in [0.5, 0.6) is 0 Å². The summed E-state index contributed by atoms with van der Waals surface area (Å²) in [5.74, 6) is 0.633. The van der Waals surface area contributed by atoms with Crippen LogP contribution in [-0.2, 0) is 0 Å². The first-order valence-corrected chi connectivity index (χ1v) is 11.2. The molecule has 2 fully saturated rings. The number of anilines is 1. The van der Waals surface area contributed by atoms with Gasteiger partial charge in [-0.05, 0) is 56.4 Å². The maximum atomic E-state index is 13.1. The molecule has 3 aliphatic heterocycles. The molecule has 1 unspecified atom stereocenters. The molecule has 160 valence electrons. The zero-order valence-electron chi connectivity index (χ0n) is 18.0. The molecule has 0 aromatic carbocycles. The second-order valence-corrected chi connectivity index (χ2v) is 9.21. The lowest BCUT2D eigenvalue weighted by atomic mass is 9.99. The molecule has 31 heavy (non-hydrogen) atoms. The van der Waals surface area contributed by atoms with Crippen LogP contribution in [0.2, 0.25) is 0 Å². The predicted octanol–water partition coefficient (Wildman–Crippen LogP) is 2.28. The van der Waals surface area contributed by atoms with Gasteiger partial charge in [0.25, 0.3) is 5.56 Å². The van der Waals surface area contributed by atoms with Crippen LogP contribution in [0.25, 0.3) is 11.2 Å². The van der Waals surface area contributed by atoms with Gasteiger partial charge in [-0.2, -0.15) is 0 Å². The molecule has 5 heterocycles. The first-order chi connectivity index (χ1) is 15.0. The van der Waals surface area contributed by atoms with E-state index >= 15 is 0 Å². The van der Waals surface area contributed by atoms with Crippen molar-refractivity contribution in [3.05, 3.63) is 70.2 Å². The van der Waals surface area contributed by atoms with Crippen LogP contribution in [0.15, 0.2) is 58.9 Å². The smallest absolute Gasteiger partial charge is 0.258 e. The molecule has 2 aromatic heterocycles. The number of nitrogens with zero attached hydrogens (tertiary/aromatic N) is 4. The minimum atomic E-state index is -0.0410. The standard InChI is InChI=1S/C24H28N6O/c1-15-11-28(8-7-25-15)19-5-6-22-27-21(10-23(31)30(22)14-19)18-9-20(17-3-4-17)24-26-16(2)12-29(24)13-18/h5-6,9-10,12-15,17,24-26H,3-4,7-8,11H2,1-2H3/t15-,24?/m0/s1. The molecule has 1 saturated carbocycles. The number of nitrogens with one attached hydrogen (secondary N) is 2. The molecule has 2 N–H and O–H groups in total. The fourth-order valence-corrected chi connectivity index (χ4v) is 4.94. The number of piperazine rings is 1. The van der Waals surface area contributed by atoms with Crippen molar-refractivity contribution in [2.45, 2.75) is 38.9 Å². The summed E-state index contributed by atoms with van der Waals surface area (Å²) in [4.78, 5) is 22.5. The fraction of sp³-hybridized carbons (Fsp3) is 0.417. The van der Waals surface area contributed by atoms with Gasteiger partial charge in [-0.3, -0.25) is 9.20 Å². The van der Waals surface area contributed by atoms with Gasteiger partial charge in [-0.25, -0.2) is 4.98 Å². The zero-order valence-corrected chi connectivity index (χ0v) is 18.0. The Morgan fingerprint density at radius 2 is 2.06 bits per heavy atom. The summed E-state index contributed by atoms with van der Waals surface area (Å²) in [5.41, 5.74) is 6.02. The largest absolute Gasteiger partial charge is 0.368 e. The van der Waals surface area contributed by atoms with Gasteiger partial charge in [-0.15, -0.1) is 0 Å². The Kier molecular flexibility index (Phi) is 4.21. The van der Waals surface area contributed by atoms with Crippen LogP contribution >= 0.6 is 0 Å². The van der Waals surface area contributed by atoms with Gasteiger partial charge in [0.2, 0.25) is 0 Å². The Balaban J connectivity index is 1.38. The van der Waals surface area contributed by atoms with E-state index < -0.39 is 0 Å². The second-order valence-electron chi connectivity index (χ2n) is 9.21. The topological polar surface area (TPSA) is 64.9 Å². The molecule has 6 rings (SSSR count). The molecule has 7 nitrogen and oxygen atoms in total. The molecular formula is C24H28N6O. The van der Waals surface area contributed by atoms with Crippen molar-refractivity contribution in [1.82, 2.24) is 24.9 Å². The van der Waals surface area contributed by atoms with E-state index in [0.717, 1.165) is 42.3 Å². The Hall–Kier alpha value is -3.06. The van der Waals surface area contributed by atoms with Crippen LogP contribution in [0.1, 0.15) is 32.4 Å². The average Bonchev–Trinajstić information content (AvgIpc) is 3.53. The first-order valence-electron chi connectivity index (χ1n) is 11.2. The maximum Gasteiger partial charge on any atom is 0.258 e. The van der Waals surface area contributed by atoms with Gasteiger partial charge >= 0.3 is 0 Å². The highest BCUT2D eigenvalue weighted by Crippen LogP contribution is 2.43. The predicted molar refractivity (Wildman–Crippen MR) is 122 cm³/mol. The third kappa shape index (κ3) is 3.33. The molecule has 1 saturated heterocycles. The molecular weight excluding hydrogens is 388 g/mol. The third-order valence-corrected chi connectivity index (χ3v) is 6.65. The zero-order chi connectivity index (χ0) is 21.1. The molecule has 0 amide bonds. The molecule has 0 radical (unpaired) electrons. The summed E-state index contributed by atoms with van der Waals surface area (Å²) < 4.78 is 1.67. The highest BCUT2D eigenvalue weighted by molar-refractivity contribution is 5.75. The van der Waals surface area contributed by atoms with E-state index in [9.17, 15) is 4.79 Å². The number of allylic oxidation sites excluding steroid dienone is 3. The quantitative estimate of drug-likeness (QED) is 0.800. The first kappa shape index (κ1) is 18.7. The lowest BCUT2D eigenvalue weighted by molar-refractivity contribution is 0.394. The van der Waals surface area contributed by atoms with Gasteiger partial charge in [0.05, 0.1) is 11.4 Å². The van der Waals surface area contributed by atoms with Crippen LogP contribution in [0.4, 0.5) is 5.69 Å². The van der Waals surface area contributed by atoms with Crippen LogP contribution in [0, 0.1) is 5.92 Å². The van der Waals surface area contributed by atoms with Crippen molar-refractivity contribution in [3.8, 4) is 0 Å². The van der Waals surface area contributed by atoms with E-state index in [1.807, 2.05) is 12.3 Å². The van der Waals surface area contributed by atoms with E-state index in [0.29, 0.717) is 17.6 Å². The number of hydrogen-bond acceptors (Lipinski definition) is 6. The summed E-state index contributed by atoms with van der Waals surface area (Å²) in [6.07, 6.45) is 11.1. The molecule has 0 bridgehead atoms. The van der Waals surface area contributed by atoms with Crippen molar-refractivity contribution in [3.63, 3.8) is 0 Å². The van der Waals surface area contributed by atoms with Crippen molar-refractivity contribution in [2.75, 3.05) is 24.5 Å².